The Labute approximate surface area is 519 Å². The summed E-state index contributed by atoms with van der Waals surface area (Å²) >= 11 is 0. The van der Waals surface area contributed by atoms with Crippen molar-refractivity contribution in [3.8, 4) is 0 Å². The molecule has 2 unspecified atom stereocenters. The van der Waals surface area contributed by atoms with E-state index in [4.69, 9.17) is 56.2 Å². The third-order valence-electron chi connectivity index (χ3n) is 22.0. The Morgan fingerprint density at radius 3 is 1.33 bits per heavy atom. The highest BCUT2D eigenvalue weighted by Gasteiger charge is 2.86. The first-order valence-electron chi connectivity index (χ1n) is 30.7. The lowest BCUT2D eigenvalue weighted by molar-refractivity contribution is -0.215. The number of aliphatic hydroxyl groups is 1. The molecule has 2 saturated heterocycles. The van der Waals surface area contributed by atoms with E-state index in [0.29, 0.717) is 30.4 Å². The molecule has 0 bridgehead atoms. The van der Waals surface area contributed by atoms with E-state index >= 15 is 0 Å². The number of methoxy groups -OCH3 is 2. The first-order valence-corrected chi connectivity index (χ1v) is 30.7. The van der Waals surface area contributed by atoms with Gasteiger partial charge in [-0.1, -0.05) is 87.1 Å². The molecule has 0 amide bonds. The van der Waals surface area contributed by atoms with Gasteiger partial charge in [-0.25, -0.2) is 14.4 Å². The summed E-state index contributed by atoms with van der Waals surface area (Å²) in [6, 6.07) is 3.74. The zero-order valence-electron chi connectivity index (χ0n) is 54.0. The maximum absolute atomic E-state index is 13.7. The van der Waals surface area contributed by atoms with Gasteiger partial charge in [0.2, 0.25) is 0 Å². The van der Waals surface area contributed by atoms with Gasteiger partial charge in [-0.05, 0) is 80.9 Å². The van der Waals surface area contributed by atoms with Crippen LogP contribution in [0.5, 0.6) is 0 Å². The Morgan fingerprint density at radius 2 is 1.00 bits per heavy atom. The van der Waals surface area contributed by atoms with Crippen LogP contribution in [-0.4, -0.2) is 132 Å². The molecule has 8 aliphatic rings. The maximum Gasteiger partial charge on any atom is 0.335 e. The molecule has 21 nitrogen and oxygen atoms in total. The van der Waals surface area contributed by atoms with Crippen molar-refractivity contribution in [2.75, 3.05) is 14.2 Å². The number of epoxide rings is 2. The van der Waals surface area contributed by atoms with Crippen LogP contribution in [0.3, 0.4) is 0 Å². The molecule has 2 aromatic heterocycles. The van der Waals surface area contributed by atoms with Crippen molar-refractivity contribution in [2.45, 2.75) is 206 Å². The van der Waals surface area contributed by atoms with E-state index in [1.807, 2.05) is 46.8 Å². The minimum absolute atomic E-state index is 0.100. The van der Waals surface area contributed by atoms with E-state index in [0.717, 1.165) is 11.1 Å². The fourth-order valence-corrected chi connectivity index (χ4v) is 17.5. The lowest BCUT2D eigenvalue weighted by atomic mass is 9.48. The van der Waals surface area contributed by atoms with Crippen molar-refractivity contribution in [2.24, 2.45) is 57.2 Å². The molecule has 1 N–H and O–H groups in total. The minimum Gasteiger partial charge on any atom is -0.472 e. The predicted molar refractivity (Wildman–Crippen MR) is 315 cm³/mol. The summed E-state index contributed by atoms with van der Waals surface area (Å²) in [6.45, 7) is 33.5. The molecule has 21 heteroatoms. The van der Waals surface area contributed by atoms with Crippen LogP contribution in [0.25, 0.3) is 0 Å². The van der Waals surface area contributed by atoms with Gasteiger partial charge in [0.25, 0.3) is 0 Å². The fraction of sp³-hybridized carbons (Fsp3) is 0.647. The van der Waals surface area contributed by atoms with Crippen LogP contribution in [-0.2, 0) is 85.7 Å². The summed E-state index contributed by atoms with van der Waals surface area (Å²) in [5.74, 6) is -8.92. The van der Waals surface area contributed by atoms with Crippen LogP contribution >= 0.6 is 0 Å². The Balaban J connectivity index is 0.000000212. The zero-order valence-corrected chi connectivity index (χ0v) is 54.0. The van der Waals surface area contributed by atoms with Gasteiger partial charge < -0.3 is 61.3 Å². The molecule has 89 heavy (non-hydrogen) atoms. The third kappa shape index (κ3) is 10.6. The number of hydrogen-bond acceptors (Lipinski definition) is 21. The molecule has 10 rings (SSSR count). The fourth-order valence-electron chi connectivity index (χ4n) is 17.5. The van der Waals surface area contributed by atoms with Crippen LogP contribution in [0.1, 0.15) is 152 Å². The van der Waals surface area contributed by atoms with Gasteiger partial charge in [0.1, 0.15) is 46.8 Å². The molecule has 6 heterocycles. The van der Waals surface area contributed by atoms with Crippen molar-refractivity contribution in [1.82, 2.24) is 0 Å². The average Bonchev–Trinajstić information content (AvgIpc) is 1.49. The minimum atomic E-state index is -1.43. The van der Waals surface area contributed by atoms with E-state index in [9.17, 15) is 43.5 Å². The molecule has 4 saturated carbocycles. The number of carbonyl (C=O) groups is 8. The van der Waals surface area contributed by atoms with Crippen molar-refractivity contribution in [1.29, 1.82) is 0 Å². The molecule has 20 atom stereocenters. The van der Waals surface area contributed by atoms with Crippen molar-refractivity contribution >= 4 is 47.8 Å². The highest BCUT2D eigenvalue weighted by molar-refractivity contribution is 5.84. The molecule has 486 valence electrons. The monoisotopic (exact) mass is 1240 g/mol. The molecule has 0 radical (unpaired) electrons. The smallest absolute Gasteiger partial charge is 0.335 e. The predicted octanol–water partition coefficient (Wildman–Crippen LogP) is 9.10. The summed E-state index contributed by atoms with van der Waals surface area (Å²) in [6.07, 6.45) is 7.67. The number of carbonyl (C=O) groups excluding carboxylic acids is 8. The molecular weight excluding hydrogens is 1150 g/mol. The Hall–Kier alpha value is -6.84. The lowest BCUT2D eigenvalue weighted by Gasteiger charge is -2.58. The summed E-state index contributed by atoms with van der Waals surface area (Å²) < 4.78 is 70.9. The summed E-state index contributed by atoms with van der Waals surface area (Å²) in [5, 5.41) is 11.0. The SMILES string of the molecule is C=C1[C@@H]([C@@]2(C)C=CC(=O)OC(C)(C)[C@@H]2CC(=O)OC)[C@@H](OC(C)=O)[C@H](OC(=O)C(C)C)[C@@]2(C)[C@H](c3ccoc3)C[C@H]3O[C@]132.C=C1[C@@H]([C@@]2(C)C=CC(=O)OC(C)(C)[C@@H]2CC(=O)OC)[C@@H](OC(C)=O)[C@H](OC(=O)C(O)C(C)CC)[C@@]2(C)[C@H](c3ccoc3)C[C@H]3O[C@]132. The topological polar surface area (TPSA) is 282 Å². The van der Waals surface area contributed by atoms with Gasteiger partial charge in [0.15, 0.2) is 6.10 Å². The second-order valence-electron chi connectivity index (χ2n) is 27.9. The van der Waals surface area contributed by atoms with Crippen LogP contribution < -0.4 is 0 Å². The number of allylic oxidation sites excluding steroid dienone is 2. The number of ether oxygens (including phenoxy) is 10. The number of aliphatic hydroxyl groups excluding tert-OH is 1. The van der Waals surface area contributed by atoms with Crippen molar-refractivity contribution < 1.29 is 99.7 Å². The average molecular weight is 1240 g/mol. The van der Waals surface area contributed by atoms with Crippen LogP contribution in [0, 0.1) is 57.2 Å². The molecule has 0 aromatic carbocycles. The van der Waals surface area contributed by atoms with Crippen molar-refractivity contribution in [3.05, 3.63) is 96.9 Å². The van der Waals surface area contributed by atoms with Crippen LogP contribution in [0.4, 0.5) is 0 Å². The normalized spacial score (nSPS) is 39.0. The summed E-state index contributed by atoms with van der Waals surface area (Å²) in [5.41, 5.74) is -5.44. The Bertz CT molecular complexity index is 3210. The summed E-state index contributed by atoms with van der Waals surface area (Å²) in [4.78, 5) is 104. The molecule has 2 spiro atoms. The number of furan rings is 2. The maximum atomic E-state index is 13.7. The molecule has 4 aliphatic heterocycles. The first kappa shape index (κ1) is 66.6. The first-order chi connectivity index (χ1) is 41.5. The third-order valence-corrected chi connectivity index (χ3v) is 22.0. The Morgan fingerprint density at radius 1 is 0.618 bits per heavy atom. The van der Waals surface area contributed by atoms with Gasteiger partial charge in [0, 0.05) is 72.3 Å². The standard InChI is InChI=1S/C35H46O11.C33H42O10/c1-10-18(2)28(39)31(40)44-30-29(43-20(4)36)27(33(7)13-11-25(37)46-32(5,6)23(33)16-26(38)41-9)19(3)35-24(45-35)15-22(34(30,35)8)21-12-14-42-17-21;1-17(2)29(37)41-28-27(40-19(4)34)26(31(7)12-10-24(35)43-30(5,6)22(31)15-25(36)38-9)18(3)33-23(42-33)14-21(32(28,33)8)20-11-13-39-16-20/h11-14,17-18,22-24,27-30,39H,3,10,15-16H2,1-2,4-9H3;10-13,16-17,21-23,26-28H,3,14-15H2,1-2,4-9H3/t18?,22-,23-,24+,27+,28?,29+,30-,33-,34+,35+;21-,22-,23+,26+,27+,28-,31-,32+,33+/m00/s1. The highest BCUT2D eigenvalue weighted by atomic mass is 16.6. The van der Waals surface area contributed by atoms with Gasteiger partial charge in [-0.2, -0.15) is 0 Å². The van der Waals surface area contributed by atoms with Gasteiger partial charge in [-0.3, -0.25) is 24.0 Å². The molecular formula is C68H88O21. The molecule has 2 aromatic rings. The van der Waals surface area contributed by atoms with E-state index in [1.54, 1.807) is 85.7 Å². The lowest BCUT2D eigenvalue weighted by Crippen LogP contribution is -2.66. The summed E-state index contributed by atoms with van der Waals surface area (Å²) in [7, 11) is 2.58. The van der Waals surface area contributed by atoms with Gasteiger partial charge in [0.05, 0.1) is 81.1 Å². The second kappa shape index (κ2) is 23.4. The second-order valence-corrected chi connectivity index (χ2v) is 27.9. The van der Waals surface area contributed by atoms with Gasteiger partial charge in [-0.15, -0.1) is 0 Å². The van der Waals surface area contributed by atoms with Crippen LogP contribution in [0.15, 0.2) is 94.6 Å². The van der Waals surface area contributed by atoms with Gasteiger partial charge >= 0.3 is 47.8 Å². The largest absolute Gasteiger partial charge is 0.472 e. The number of cyclic esters (lactones) is 2. The van der Waals surface area contributed by atoms with Crippen molar-refractivity contribution in [3.63, 3.8) is 0 Å². The number of rotatable bonds is 16. The zero-order chi connectivity index (χ0) is 65.7. The van der Waals surface area contributed by atoms with E-state index in [1.165, 1.54) is 40.2 Å². The Kier molecular flexibility index (Phi) is 17.5. The number of esters is 8. The highest BCUT2D eigenvalue weighted by Crippen LogP contribution is 2.78. The van der Waals surface area contributed by atoms with E-state index < -0.39 is 158 Å². The number of hydrogen-bond donors (Lipinski definition) is 1. The molecule has 6 fully saturated rings. The van der Waals surface area contributed by atoms with Crippen LogP contribution in [0.2, 0.25) is 0 Å². The molecule has 4 aliphatic carbocycles. The van der Waals surface area contributed by atoms with E-state index in [-0.39, 0.29) is 36.9 Å². The van der Waals surface area contributed by atoms with E-state index in [2.05, 4.69) is 13.2 Å². The quantitative estimate of drug-likeness (QED) is 0.0709.